The molecule has 0 saturated heterocycles. The fourth-order valence-corrected chi connectivity index (χ4v) is 8.57. The van der Waals surface area contributed by atoms with Crippen LogP contribution >= 0.6 is 0 Å². The summed E-state index contributed by atoms with van der Waals surface area (Å²) in [6.45, 7) is 8.73. The first kappa shape index (κ1) is 22.3. The van der Waals surface area contributed by atoms with Gasteiger partial charge < -0.3 is 9.53 Å². The molecule has 30 heavy (non-hydrogen) atoms. The van der Waals surface area contributed by atoms with Crippen LogP contribution < -0.4 is 14.8 Å². The second-order valence-corrected chi connectivity index (χ2v) is 13.4. The van der Waals surface area contributed by atoms with Crippen LogP contribution in [0, 0.1) is 0 Å². The molecule has 0 amide bonds. The van der Waals surface area contributed by atoms with Gasteiger partial charge in [-0.05, 0) is 59.3 Å². The fourth-order valence-electron chi connectivity index (χ4n) is 4.15. The van der Waals surface area contributed by atoms with Gasteiger partial charge >= 0.3 is 8.32 Å². The zero-order valence-electron chi connectivity index (χ0n) is 18.6. The maximum atomic E-state index is 9.48. The molecule has 0 aliphatic heterocycles. The Labute approximate surface area is 182 Å². The van der Waals surface area contributed by atoms with Gasteiger partial charge in [0, 0.05) is 0 Å². The molecule has 0 saturated carbocycles. The van der Waals surface area contributed by atoms with Crippen molar-refractivity contribution in [3.8, 4) is 5.75 Å². The normalized spacial score (nSPS) is 13.1. The van der Waals surface area contributed by atoms with Crippen LogP contribution in [0.1, 0.15) is 46.1 Å². The molecule has 1 atom stereocenters. The molecule has 1 unspecified atom stereocenters. The lowest BCUT2D eigenvalue weighted by Gasteiger charge is -2.43. The first-order valence-corrected chi connectivity index (χ1v) is 12.8. The first-order chi connectivity index (χ1) is 14.3. The third kappa shape index (κ3) is 5.03. The summed E-state index contributed by atoms with van der Waals surface area (Å²) in [5, 5.41) is 12.0. The van der Waals surface area contributed by atoms with Crippen molar-refractivity contribution < 1.29 is 9.53 Å². The second kappa shape index (κ2) is 9.63. The minimum Gasteiger partial charge on any atom is -0.534 e. The molecule has 0 spiro atoms. The van der Waals surface area contributed by atoms with Crippen molar-refractivity contribution in [2.75, 3.05) is 0 Å². The maximum absolute atomic E-state index is 9.48. The fraction of sp³-hybridized carbons (Fsp3) is 0.333. The highest BCUT2D eigenvalue weighted by molar-refractivity contribution is 7.00. The minimum atomic E-state index is -2.58. The summed E-state index contributed by atoms with van der Waals surface area (Å²) in [4.78, 5) is 0. The van der Waals surface area contributed by atoms with Crippen LogP contribution in [0.4, 0.5) is 0 Å². The molecule has 0 aliphatic rings. The quantitative estimate of drug-likeness (QED) is 0.501. The molecule has 0 aliphatic carbocycles. The molecule has 0 fully saturated rings. The van der Waals surface area contributed by atoms with E-state index in [1.807, 2.05) is 6.92 Å². The van der Waals surface area contributed by atoms with Gasteiger partial charge in [0.2, 0.25) is 0 Å². The minimum absolute atomic E-state index is 0.0500. The Balaban J connectivity index is 1.98. The summed E-state index contributed by atoms with van der Waals surface area (Å²) in [6, 6.07) is 30.0. The molecule has 3 aromatic rings. The lowest BCUT2D eigenvalue weighted by Crippen LogP contribution is -2.68. The van der Waals surface area contributed by atoms with Crippen molar-refractivity contribution in [3.63, 3.8) is 0 Å². The largest absolute Gasteiger partial charge is 0.534 e. The number of hydrogen-bond acceptors (Lipinski definition) is 2. The predicted molar refractivity (Wildman–Crippen MR) is 129 cm³/mol. The first-order valence-electron chi connectivity index (χ1n) is 10.9. The van der Waals surface area contributed by atoms with Gasteiger partial charge in [-0.3, -0.25) is 0 Å². The van der Waals surface area contributed by atoms with E-state index in [9.17, 15) is 5.11 Å². The Morgan fingerprint density at radius 2 is 1.30 bits per heavy atom. The van der Waals surface area contributed by atoms with E-state index in [1.54, 1.807) is 0 Å². The second-order valence-electron chi connectivity index (χ2n) is 9.15. The zero-order chi connectivity index (χ0) is 21.6. The Morgan fingerprint density at radius 1 is 0.800 bits per heavy atom. The summed E-state index contributed by atoms with van der Waals surface area (Å²) in [5.74, 6) is 0.920. The Morgan fingerprint density at radius 3 is 1.73 bits per heavy atom. The smallest absolute Gasteiger partial charge is 0.319 e. The van der Waals surface area contributed by atoms with Gasteiger partial charge in [-0.25, -0.2) is 0 Å². The number of aliphatic hydroxyl groups is 1. The van der Waals surface area contributed by atoms with Crippen LogP contribution in [0.15, 0.2) is 84.9 Å². The molecule has 0 aromatic heterocycles. The van der Waals surface area contributed by atoms with Crippen molar-refractivity contribution in [2.45, 2.75) is 58.1 Å². The SMILES string of the molecule is CC(O)CCCc1ccc(O[Si](c2ccccc2)(c2ccccc2)C(C)(C)C)cc1. The highest BCUT2D eigenvalue weighted by atomic mass is 28.4. The lowest BCUT2D eigenvalue weighted by atomic mass is 10.1. The molecule has 158 valence electrons. The lowest BCUT2D eigenvalue weighted by molar-refractivity contribution is 0.182. The zero-order valence-corrected chi connectivity index (χ0v) is 19.6. The summed E-state index contributed by atoms with van der Waals surface area (Å²) in [6.07, 6.45) is 2.57. The van der Waals surface area contributed by atoms with Crippen molar-refractivity contribution in [2.24, 2.45) is 0 Å². The Kier molecular flexibility index (Phi) is 7.17. The number of benzene rings is 3. The van der Waals surface area contributed by atoms with E-state index >= 15 is 0 Å². The van der Waals surface area contributed by atoms with E-state index in [-0.39, 0.29) is 11.1 Å². The molecule has 3 heteroatoms. The summed E-state index contributed by atoms with van der Waals surface area (Å²) in [7, 11) is -2.58. The summed E-state index contributed by atoms with van der Waals surface area (Å²) in [5.41, 5.74) is 1.28. The third-order valence-corrected chi connectivity index (χ3v) is 10.6. The summed E-state index contributed by atoms with van der Waals surface area (Å²) >= 11 is 0. The highest BCUT2D eigenvalue weighted by Gasteiger charge is 2.52. The number of hydrogen-bond donors (Lipinski definition) is 1. The van der Waals surface area contributed by atoms with Crippen LogP contribution in [-0.2, 0) is 6.42 Å². The van der Waals surface area contributed by atoms with Gasteiger partial charge in [0.15, 0.2) is 0 Å². The summed E-state index contributed by atoms with van der Waals surface area (Å²) < 4.78 is 7.04. The standard InChI is InChI=1S/C27H34O2Si/c1-22(28)12-11-13-23-18-20-24(21-19-23)29-30(27(2,3)4,25-14-7-5-8-15-25)26-16-9-6-10-17-26/h5-10,14-22,28H,11-13H2,1-4H3. The van der Waals surface area contributed by atoms with E-state index in [2.05, 4.69) is 106 Å². The van der Waals surface area contributed by atoms with Gasteiger partial charge in [0.05, 0.1) is 6.10 Å². The Bertz CT molecular complexity index is 858. The van der Waals surface area contributed by atoms with Crippen molar-refractivity contribution in [1.82, 2.24) is 0 Å². The molecule has 3 aromatic carbocycles. The third-order valence-electron chi connectivity index (χ3n) is 5.70. The van der Waals surface area contributed by atoms with Crippen molar-refractivity contribution in [1.29, 1.82) is 0 Å². The van der Waals surface area contributed by atoms with Crippen LogP contribution in [0.5, 0.6) is 5.75 Å². The van der Waals surface area contributed by atoms with E-state index in [4.69, 9.17) is 4.43 Å². The monoisotopic (exact) mass is 418 g/mol. The van der Waals surface area contributed by atoms with Crippen molar-refractivity contribution >= 4 is 18.7 Å². The number of rotatable bonds is 8. The average molecular weight is 419 g/mol. The van der Waals surface area contributed by atoms with E-state index in [0.717, 1.165) is 25.0 Å². The van der Waals surface area contributed by atoms with Gasteiger partial charge in [0.1, 0.15) is 5.75 Å². The van der Waals surface area contributed by atoms with Gasteiger partial charge in [-0.15, -0.1) is 0 Å². The average Bonchev–Trinajstić information content (AvgIpc) is 2.73. The highest BCUT2D eigenvalue weighted by Crippen LogP contribution is 2.37. The molecule has 0 radical (unpaired) electrons. The van der Waals surface area contributed by atoms with Gasteiger partial charge in [-0.1, -0.05) is 93.6 Å². The molecule has 1 N–H and O–H groups in total. The van der Waals surface area contributed by atoms with Crippen LogP contribution in [0.3, 0.4) is 0 Å². The molecule has 0 bridgehead atoms. The molecule has 2 nitrogen and oxygen atoms in total. The van der Waals surface area contributed by atoms with Crippen LogP contribution in [0.2, 0.25) is 5.04 Å². The van der Waals surface area contributed by atoms with E-state index < -0.39 is 8.32 Å². The van der Waals surface area contributed by atoms with Gasteiger partial charge in [0.25, 0.3) is 0 Å². The number of aliphatic hydroxyl groups excluding tert-OH is 1. The molecule has 3 rings (SSSR count). The van der Waals surface area contributed by atoms with E-state index in [1.165, 1.54) is 15.9 Å². The Hall–Kier alpha value is -2.36. The van der Waals surface area contributed by atoms with Crippen LogP contribution in [0.25, 0.3) is 0 Å². The number of aryl methyl sites for hydroxylation is 1. The van der Waals surface area contributed by atoms with Gasteiger partial charge in [-0.2, -0.15) is 0 Å². The van der Waals surface area contributed by atoms with Crippen molar-refractivity contribution in [3.05, 3.63) is 90.5 Å². The molecular formula is C27H34O2Si. The van der Waals surface area contributed by atoms with Crippen LogP contribution in [-0.4, -0.2) is 19.5 Å². The maximum Gasteiger partial charge on any atom is 0.319 e. The van der Waals surface area contributed by atoms with E-state index in [0.29, 0.717) is 0 Å². The topological polar surface area (TPSA) is 29.5 Å². The predicted octanol–water partition coefficient (Wildman–Crippen LogP) is 5.33. The molecule has 0 heterocycles. The molecular weight excluding hydrogens is 384 g/mol.